The average molecular weight is 537 g/mol. The molecule has 6 atom stereocenters. The summed E-state index contributed by atoms with van der Waals surface area (Å²) in [6.45, 7) is -0.905. The lowest BCUT2D eigenvalue weighted by molar-refractivity contribution is -0.0422. The van der Waals surface area contributed by atoms with Gasteiger partial charge in [-0.25, -0.2) is 18.3 Å². The van der Waals surface area contributed by atoms with E-state index in [0.29, 0.717) is 0 Å². The zero-order valence-corrected chi connectivity index (χ0v) is 19.1. The van der Waals surface area contributed by atoms with Crippen molar-refractivity contribution < 1.29 is 56.3 Å². The number of nitrogen functional groups attached to an aromatic ring is 1. The van der Waals surface area contributed by atoms with Crippen LogP contribution in [0.15, 0.2) is 11.1 Å². The Morgan fingerprint density at radius 1 is 1.36 bits per heavy atom. The molecule has 2 aromatic heterocycles. The number of nitrogens with two attached hydrogens (primary N) is 1. The van der Waals surface area contributed by atoms with Crippen LogP contribution in [-0.2, 0) is 27.3 Å². The van der Waals surface area contributed by atoms with E-state index in [0.717, 1.165) is 0 Å². The van der Waals surface area contributed by atoms with Crippen molar-refractivity contribution in [2.24, 2.45) is 0 Å². The number of alkyl halides is 1. The van der Waals surface area contributed by atoms with Crippen LogP contribution in [0.4, 0.5) is 10.3 Å². The fraction of sp³-hybridized carbons (Fsp3) is 0.583. The Balaban J connectivity index is 1.70. The first kappa shape index (κ1) is 26.1. The molecule has 2 aromatic rings. The minimum atomic E-state index is -6.04. The van der Waals surface area contributed by atoms with E-state index in [1.165, 1.54) is 10.9 Å². The SMILES string of the molecule is C[C@@](F)(P(=O)(O)O)P(=O)(O)OP(=O)(O)OC[C@H]1O[C@@H](n2cnc3c(=O)[nH]c(N)nc32)C[C@@H]1O. The van der Waals surface area contributed by atoms with E-state index in [2.05, 4.69) is 23.8 Å². The van der Waals surface area contributed by atoms with Gasteiger partial charge in [0, 0.05) is 6.42 Å². The third-order valence-electron chi connectivity index (χ3n) is 4.63. The van der Waals surface area contributed by atoms with Gasteiger partial charge >= 0.3 is 28.2 Å². The number of aliphatic hydroxyl groups excluding tert-OH is 1. The Hall–Kier alpha value is -1.55. The molecule has 3 heterocycles. The molecule has 1 aliphatic rings. The molecule has 1 aliphatic heterocycles. The molecule has 1 fully saturated rings. The number of phosphoric ester groups is 1. The third-order valence-corrected chi connectivity index (χ3v) is 10.4. The molecular weight excluding hydrogens is 518 g/mol. The van der Waals surface area contributed by atoms with Crippen molar-refractivity contribution in [2.45, 2.75) is 36.9 Å². The van der Waals surface area contributed by atoms with Gasteiger partial charge in [-0.15, -0.1) is 0 Å². The molecule has 17 nitrogen and oxygen atoms in total. The second-order valence-corrected chi connectivity index (χ2v) is 13.0. The Labute approximate surface area is 182 Å². The van der Waals surface area contributed by atoms with Crippen molar-refractivity contribution in [3.8, 4) is 0 Å². The maximum atomic E-state index is 14.1. The number of fused-ring (bicyclic) bond motifs is 1. The van der Waals surface area contributed by atoms with Crippen LogP contribution in [0, 0.1) is 0 Å². The zero-order chi connectivity index (χ0) is 25.0. The molecule has 8 N–H and O–H groups in total. The molecule has 0 amide bonds. The van der Waals surface area contributed by atoms with E-state index in [-0.39, 0.29) is 30.5 Å². The smallest absolute Gasteiger partial charge is 0.390 e. The minimum absolute atomic E-state index is 0.0181. The lowest BCUT2D eigenvalue weighted by Gasteiger charge is -2.27. The molecular formula is C12H19FN5O12P3. The van der Waals surface area contributed by atoms with Crippen molar-refractivity contribution in [2.75, 3.05) is 12.3 Å². The highest BCUT2D eigenvalue weighted by atomic mass is 31.3. The van der Waals surface area contributed by atoms with Gasteiger partial charge < -0.3 is 35.2 Å². The summed E-state index contributed by atoms with van der Waals surface area (Å²) in [6, 6.07) is 0. The Bertz CT molecular complexity index is 1260. The zero-order valence-electron chi connectivity index (χ0n) is 16.5. The largest absolute Gasteiger partial charge is 0.479 e. The summed E-state index contributed by atoms with van der Waals surface area (Å²) in [5.74, 6) is -0.213. The summed E-state index contributed by atoms with van der Waals surface area (Å²) >= 11 is 0. The summed E-state index contributed by atoms with van der Waals surface area (Å²) in [7, 11) is -17.5. The number of halogens is 1. The van der Waals surface area contributed by atoms with Crippen LogP contribution < -0.4 is 11.3 Å². The molecule has 0 aliphatic carbocycles. The quantitative estimate of drug-likeness (QED) is 0.209. The van der Waals surface area contributed by atoms with Gasteiger partial charge in [-0.2, -0.15) is 4.98 Å². The van der Waals surface area contributed by atoms with Crippen molar-refractivity contribution in [3.63, 3.8) is 0 Å². The molecule has 0 spiro atoms. The number of aliphatic hydroxyl groups is 1. The van der Waals surface area contributed by atoms with E-state index < -0.39 is 58.8 Å². The van der Waals surface area contributed by atoms with Gasteiger partial charge in [0.05, 0.1) is 19.0 Å². The van der Waals surface area contributed by atoms with Gasteiger partial charge in [0.15, 0.2) is 11.2 Å². The summed E-state index contributed by atoms with van der Waals surface area (Å²) < 4.78 is 64.0. The van der Waals surface area contributed by atoms with Gasteiger partial charge in [-0.05, 0) is 6.92 Å². The topological polar surface area (TPSA) is 270 Å². The van der Waals surface area contributed by atoms with Crippen LogP contribution in [0.5, 0.6) is 0 Å². The predicted octanol–water partition coefficient (Wildman–Crippen LogP) is -0.510. The molecule has 0 aromatic carbocycles. The van der Waals surface area contributed by atoms with Crippen LogP contribution >= 0.6 is 23.0 Å². The second kappa shape index (κ2) is 8.59. The van der Waals surface area contributed by atoms with Crippen LogP contribution in [0.2, 0.25) is 0 Å². The number of H-pyrrole nitrogens is 1. The number of hydrogen-bond acceptors (Lipinski definition) is 11. The van der Waals surface area contributed by atoms with Crippen LogP contribution in [-0.4, -0.2) is 68.2 Å². The highest BCUT2D eigenvalue weighted by Crippen LogP contribution is 2.76. The molecule has 0 saturated carbocycles. The number of aromatic nitrogens is 4. The number of hydrogen-bond donors (Lipinski definition) is 7. The molecule has 0 radical (unpaired) electrons. The first-order valence-corrected chi connectivity index (χ1v) is 13.5. The molecule has 3 rings (SSSR count). The Kier molecular flexibility index (Phi) is 6.78. The van der Waals surface area contributed by atoms with E-state index in [4.69, 9.17) is 20.3 Å². The predicted molar refractivity (Wildman–Crippen MR) is 105 cm³/mol. The summed E-state index contributed by atoms with van der Waals surface area (Å²) in [5.41, 5.74) is 4.82. The fourth-order valence-electron chi connectivity index (χ4n) is 2.76. The molecule has 186 valence electrons. The van der Waals surface area contributed by atoms with E-state index in [1.807, 2.05) is 0 Å². The number of anilines is 1. The van der Waals surface area contributed by atoms with Gasteiger partial charge in [-0.1, -0.05) is 0 Å². The van der Waals surface area contributed by atoms with Crippen LogP contribution in [0.3, 0.4) is 0 Å². The highest BCUT2D eigenvalue weighted by molar-refractivity contribution is 7.75. The van der Waals surface area contributed by atoms with Gasteiger partial charge in [0.2, 0.25) is 5.95 Å². The number of phosphoric acid groups is 1. The normalized spacial score (nSPS) is 27.2. The molecule has 0 bridgehead atoms. The van der Waals surface area contributed by atoms with Gasteiger partial charge in [0.25, 0.3) is 5.56 Å². The first-order chi connectivity index (χ1) is 15.0. The number of ether oxygens (including phenoxy) is 1. The maximum absolute atomic E-state index is 14.1. The first-order valence-electron chi connectivity index (χ1n) is 8.77. The standard InChI is InChI=1S/C12H19FN5O12P3/c1-12(13,31(21,22)23)32(24,25)30-33(26,27)28-3-6-5(19)2-7(29-6)18-4-15-8-9(18)16-11(14)17-10(8)20/h4-7,19H,2-3H2,1H3,(H,24,25)(H,26,27)(H2,21,22,23)(H3,14,16,17,20)/t5-,6+,7+,12+/m0/s1. The van der Waals surface area contributed by atoms with E-state index >= 15 is 0 Å². The number of rotatable bonds is 8. The van der Waals surface area contributed by atoms with Crippen molar-refractivity contribution >= 4 is 40.1 Å². The molecule has 2 unspecified atom stereocenters. The maximum Gasteiger partial charge on any atom is 0.479 e. The minimum Gasteiger partial charge on any atom is -0.390 e. The molecule has 33 heavy (non-hydrogen) atoms. The highest BCUT2D eigenvalue weighted by Gasteiger charge is 2.62. The fourth-order valence-corrected chi connectivity index (χ4v) is 6.64. The van der Waals surface area contributed by atoms with Crippen molar-refractivity contribution in [1.82, 2.24) is 19.5 Å². The lowest BCUT2D eigenvalue weighted by atomic mass is 10.2. The van der Waals surface area contributed by atoms with E-state index in [1.54, 1.807) is 0 Å². The summed E-state index contributed by atoms with van der Waals surface area (Å²) in [4.78, 5) is 58.7. The number of nitrogens with one attached hydrogen (secondary N) is 1. The molecule has 21 heteroatoms. The Morgan fingerprint density at radius 2 is 2.00 bits per heavy atom. The Morgan fingerprint density at radius 3 is 2.61 bits per heavy atom. The molecule has 1 saturated heterocycles. The summed E-state index contributed by atoms with van der Waals surface area (Å²) in [5, 5.41) is 5.97. The van der Waals surface area contributed by atoms with Crippen LogP contribution in [0.25, 0.3) is 11.2 Å². The lowest BCUT2D eigenvalue weighted by Crippen LogP contribution is -2.26. The van der Waals surface area contributed by atoms with Crippen molar-refractivity contribution in [3.05, 3.63) is 16.7 Å². The number of imidazole rings is 1. The van der Waals surface area contributed by atoms with Crippen LogP contribution in [0.1, 0.15) is 19.6 Å². The number of aromatic amines is 1. The average Bonchev–Trinajstić information content (AvgIpc) is 3.21. The second-order valence-electron chi connectivity index (χ2n) is 7.02. The number of nitrogens with zero attached hydrogens (tertiary/aromatic N) is 3. The third kappa shape index (κ3) is 5.11. The van der Waals surface area contributed by atoms with Gasteiger partial charge in [0.1, 0.15) is 12.3 Å². The monoisotopic (exact) mass is 537 g/mol. The van der Waals surface area contributed by atoms with E-state index in [9.17, 15) is 37.8 Å². The van der Waals surface area contributed by atoms with Crippen molar-refractivity contribution in [1.29, 1.82) is 0 Å². The summed E-state index contributed by atoms with van der Waals surface area (Å²) in [6.07, 6.45) is -2.59. The van der Waals surface area contributed by atoms with Gasteiger partial charge in [-0.3, -0.25) is 28.0 Å².